The van der Waals surface area contributed by atoms with Gasteiger partial charge in [0.15, 0.2) is 9.84 Å². The Labute approximate surface area is 129 Å². The molecule has 0 aliphatic heterocycles. The molecule has 2 rings (SSSR count). The van der Waals surface area contributed by atoms with Crippen LogP contribution in [0.25, 0.3) is 0 Å². The van der Waals surface area contributed by atoms with Crippen LogP contribution in [0.15, 0.2) is 29.2 Å². The van der Waals surface area contributed by atoms with Crippen molar-refractivity contribution in [1.82, 2.24) is 5.32 Å². The summed E-state index contributed by atoms with van der Waals surface area (Å²) in [6, 6.07) is 4.97. The molecule has 0 amide bonds. The summed E-state index contributed by atoms with van der Waals surface area (Å²) in [5.41, 5.74) is -0.390. The lowest BCUT2D eigenvalue weighted by atomic mass is 9.64. The number of nitrogens with zero attached hydrogens (tertiary/aromatic N) is 1. The Bertz CT molecular complexity index is 654. The van der Waals surface area contributed by atoms with Gasteiger partial charge in [0.2, 0.25) is 0 Å². The van der Waals surface area contributed by atoms with Gasteiger partial charge in [-0.05, 0) is 18.6 Å². The first-order valence-corrected chi connectivity index (χ1v) is 8.68. The predicted molar refractivity (Wildman–Crippen MR) is 81.3 cm³/mol. The molecule has 0 radical (unpaired) electrons. The van der Waals surface area contributed by atoms with Gasteiger partial charge < -0.3 is 10.4 Å². The third-order valence-electron chi connectivity index (χ3n) is 4.38. The zero-order chi connectivity index (χ0) is 16.5. The van der Waals surface area contributed by atoms with Crippen LogP contribution in [-0.4, -0.2) is 42.9 Å². The van der Waals surface area contributed by atoms with Gasteiger partial charge in [0.25, 0.3) is 5.69 Å². The monoisotopic (exact) mass is 328 g/mol. The van der Waals surface area contributed by atoms with E-state index in [9.17, 15) is 23.6 Å². The Morgan fingerprint density at radius 3 is 2.41 bits per heavy atom. The summed E-state index contributed by atoms with van der Waals surface area (Å²) in [4.78, 5) is 10.1. The lowest BCUT2D eigenvalue weighted by molar-refractivity contribution is -0.384. The molecule has 1 saturated carbocycles. The van der Waals surface area contributed by atoms with E-state index in [4.69, 9.17) is 0 Å². The summed E-state index contributed by atoms with van der Waals surface area (Å²) in [5, 5.41) is 23.4. The number of aliphatic hydroxyl groups excluding tert-OH is 1. The number of hydrogen-bond acceptors (Lipinski definition) is 6. The van der Waals surface area contributed by atoms with Crippen molar-refractivity contribution in [2.24, 2.45) is 5.41 Å². The molecule has 1 fully saturated rings. The van der Waals surface area contributed by atoms with E-state index in [0.29, 0.717) is 6.42 Å². The highest BCUT2D eigenvalue weighted by Gasteiger charge is 2.46. The third kappa shape index (κ3) is 3.29. The highest BCUT2D eigenvalue weighted by molar-refractivity contribution is 7.91. The lowest BCUT2D eigenvalue weighted by Gasteiger charge is -2.49. The average molecular weight is 328 g/mol. The van der Waals surface area contributed by atoms with Crippen molar-refractivity contribution in [1.29, 1.82) is 0 Å². The van der Waals surface area contributed by atoms with Crippen molar-refractivity contribution in [2.45, 2.75) is 37.3 Å². The minimum absolute atomic E-state index is 0.0767. The molecular formula is C14H20N2O5S. The van der Waals surface area contributed by atoms with Crippen molar-refractivity contribution in [3.63, 3.8) is 0 Å². The van der Waals surface area contributed by atoms with Crippen LogP contribution in [0.3, 0.4) is 0 Å². The second-order valence-corrected chi connectivity index (χ2v) is 8.26. The molecule has 0 spiro atoms. The first-order chi connectivity index (χ1) is 10.1. The van der Waals surface area contributed by atoms with E-state index in [1.54, 1.807) is 0 Å². The molecule has 0 aromatic heterocycles. The smallest absolute Gasteiger partial charge is 0.269 e. The summed E-state index contributed by atoms with van der Waals surface area (Å²) in [6.07, 6.45) is 0.251. The maximum atomic E-state index is 12.2. The maximum absolute atomic E-state index is 12.2. The van der Waals surface area contributed by atoms with Crippen LogP contribution in [0.1, 0.15) is 20.3 Å². The van der Waals surface area contributed by atoms with E-state index >= 15 is 0 Å². The van der Waals surface area contributed by atoms with Crippen LogP contribution >= 0.6 is 0 Å². The summed E-state index contributed by atoms with van der Waals surface area (Å²) >= 11 is 0. The molecule has 2 N–H and O–H groups in total. The van der Waals surface area contributed by atoms with Crippen molar-refractivity contribution in [3.05, 3.63) is 34.4 Å². The largest absolute Gasteiger partial charge is 0.392 e. The SMILES string of the molecule is CC1(C)[C@H](O)C[C@@H]1NCCS(=O)(=O)c1ccc([N+](=O)[O-])cc1. The van der Waals surface area contributed by atoms with Gasteiger partial charge in [-0.1, -0.05) is 13.8 Å². The normalized spacial score (nSPS) is 23.8. The van der Waals surface area contributed by atoms with Gasteiger partial charge >= 0.3 is 0 Å². The Morgan fingerprint density at radius 1 is 1.36 bits per heavy atom. The molecule has 1 aliphatic rings. The van der Waals surface area contributed by atoms with Crippen LogP contribution in [-0.2, 0) is 9.84 Å². The second kappa shape index (κ2) is 5.94. The van der Waals surface area contributed by atoms with E-state index in [-0.39, 0.29) is 40.4 Å². The number of sulfone groups is 1. The minimum Gasteiger partial charge on any atom is -0.392 e. The molecule has 122 valence electrons. The summed E-state index contributed by atoms with van der Waals surface area (Å²) in [5.74, 6) is -0.0898. The molecule has 8 heteroatoms. The quantitative estimate of drug-likeness (QED) is 0.598. The van der Waals surface area contributed by atoms with E-state index in [0.717, 1.165) is 0 Å². The molecule has 1 aliphatic carbocycles. The number of hydrogen-bond donors (Lipinski definition) is 2. The summed E-state index contributed by atoms with van der Waals surface area (Å²) < 4.78 is 24.3. The fraction of sp³-hybridized carbons (Fsp3) is 0.571. The van der Waals surface area contributed by atoms with Crippen molar-refractivity contribution < 1.29 is 18.4 Å². The molecule has 0 unspecified atom stereocenters. The van der Waals surface area contributed by atoms with E-state index in [1.807, 2.05) is 13.8 Å². The highest BCUT2D eigenvalue weighted by atomic mass is 32.2. The minimum atomic E-state index is -3.48. The molecule has 2 atom stereocenters. The van der Waals surface area contributed by atoms with E-state index in [2.05, 4.69) is 5.32 Å². The van der Waals surface area contributed by atoms with Crippen LogP contribution in [0.4, 0.5) is 5.69 Å². The molecule has 0 bridgehead atoms. The Kier molecular flexibility index (Phi) is 4.55. The molecule has 1 aromatic rings. The molecule has 1 aromatic carbocycles. The Balaban J connectivity index is 1.93. The number of nitro groups is 1. The zero-order valence-corrected chi connectivity index (χ0v) is 13.3. The molecule has 0 saturated heterocycles. The van der Waals surface area contributed by atoms with Gasteiger partial charge in [0, 0.05) is 30.1 Å². The van der Waals surface area contributed by atoms with E-state index in [1.165, 1.54) is 24.3 Å². The third-order valence-corrected chi connectivity index (χ3v) is 6.12. The fourth-order valence-corrected chi connectivity index (χ4v) is 3.68. The van der Waals surface area contributed by atoms with Gasteiger partial charge in [0.05, 0.1) is 21.7 Å². The lowest BCUT2D eigenvalue weighted by Crippen LogP contribution is -2.60. The molecular weight excluding hydrogens is 308 g/mol. The average Bonchev–Trinajstić information content (AvgIpc) is 2.46. The summed E-state index contributed by atoms with van der Waals surface area (Å²) in [6.45, 7) is 4.15. The first-order valence-electron chi connectivity index (χ1n) is 7.03. The first kappa shape index (κ1) is 16.9. The van der Waals surface area contributed by atoms with Crippen LogP contribution in [0.5, 0.6) is 0 Å². The Hall–Kier alpha value is -1.51. The summed E-state index contributed by atoms with van der Waals surface area (Å²) in [7, 11) is -3.48. The topological polar surface area (TPSA) is 110 Å². The molecule has 22 heavy (non-hydrogen) atoms. The van der Waals surface area contributed by atoms with Crippen molar-refractivity contribution >= 4 is 15.5 Å². The van der Waals surface area contributed by atoms with Crippen LogP contribution < -0.4 is 5.32 Å². The zero-order valence-electron chi connectivity index (χ0n) is 12.5. The number of nitrogens with one attached hydrogen (secondary N) is 1. The number of nitro benzene ring substituents is 1. The Morgan fingerprint density at radius 2 is 1.95 bits per heavy atom. The fourth-order valence-electron chi connectivity index (χ4n) is 2.51. The number of rotatable bonds is 6. The standard InChI is InChI=1S/C14H20N2O5S/c1-14(2)12(9-13(14)17)15-7-8-22(20,21)11-5-3-10(4-6-11)16(18)19/h3-6,12-13,15,17H,7-9H2,1-2H3/t12-,13+/m0/s1. The van der Waals surface area contributed by atoms with Gasteiger partial charge in [-0.3, -0.25) is 10.1 Å². The van der Waals surface area contributed by atoms with E-state index < -0.39 is 14.8 Å². The van der Waals surface area contributed by atoms with Crippen LogP contribution in [0, 0.1) is 15.5 Å². The molecule has 0 heterocycles. The maximum Gasteiger partial charge on any atom is 0.269 e. The van der Waals surface area contributed by atoms with Gasteiger partial charge in [-0.15, -0.1) is 0 Å². The van der Waals surface area contributed by atoms with Crippen molar-refractivity contribution in [3.8, 4) is 0 Å². The molecule has 7 nitrogen and oxygen atoms in total. The second-order valence-electron chi connectivity index (χ2n) is 6.15. The van der Waals surface area contributed by atoms with Gasteiger partial charge in [-0.25, -0.2) is 8.42 Å². The highest BCUT2D eigenvalue weighted by Crippen LogP contribution is 2.40. The number of benzene rings is 1. The number of non-ortho nitro benzene ring substituents is 1. The van der Waals surface area contributed by atoms with Crippen LogP contribution in [0.2, 0.25) is 0 Å². The van der Waals surface area contributed by atoms with Gasteiger partial charge in [-0.2, -0.15) is 0 Å². The van der Waals surface area contributed by atoms with Gasteiger partial charge in [0.1, 0.15) is 0 Å². The predicted octanol–water partition coefficient (Wildman–Crippen LogP) is 1.12. The number of aliphatic hydroxyl groups is 1. The van der Waals surface area contributed by atoms with Crippen molar-refractivity contribution in [2.75, 3.05) is 12.3 Å².